The molecule has 0 aliphatic carbocycles. The van der Waals surface area contributed by atoms with Gasteiger partial charge in [0, 0.05) is 16.6 Å². The monoisotopic (exact) mass is 328 g/mol. The molecule has 1 aromatic rings. The fourth-order valence-corrected chi connectivity index (χ4v) is 1.61. The van der Waals surface area contributed by atoms with Crippen LogP contribution in [0.15, 0.2) is 28.7 Å². The minimum Gasteiger partial charge on any atom is -0.393 e. The Kier molecular flexibility index (Phi) is 6.52. The van der Waals surface area contributed by atoms with E-state index in [4.69, 9.17) is 5.11 Å². The molecule has 0 aliphatic rings. The molecule has 0 spiro atoms. The van der Waals surface area contributed by atoms with Gasteiger partial charge >= 0.3 is 0 Å². The molecule has 1 atom stereocenters. The molecule has 0 radical (unpaired) electrons. The van der Waals surface area contributed by atoms with Crippen LogP contribution in [-0.2, 0) is 4.79 Å². The quantitative estimate of drug-likeness (QED) is 0.730. The topological polar surface area (TPSA) is 78.4 Å². The molecule has 1 unspecified atom stereocenters. The first-order valence-electron chi connectivity index (χ1n) is 5.97. The maximum Gasteiger partial charge on any atom is 0.251 e. The highest BCUT2D eigenvalue weighted by molar-refractivity contribution is 9.10. The van der Waals surface area contributed by atoms with Gasteiger partial charge in [0.15, 0.2) is 0 Å². The average molecular weight is 329 g/mol. The molecular formula is C13H17BrN2O3. The first-order chi connectivity index (χ1) is 8.99. The molecule has 3 N–H and O–H groups in total. The average Bonchev–Trinajstić information content (AvgIpc) is 2.36. The van der Waals surface area contributed by atoms with Crippen molar-refractivity contribution in [2.24, 2.45) is 0 Å². The van der Waals surface area contributed by atoms with Gasteiger partial charge in [-0.3, -0.25) is 9.59 Å². The lowest BCUT2D eigenvalue weighted by Gasteiger charge is -2.08. The van der Waals surface area contributed by atoms with E-state index in [9.17, 15) is 9.59 Å². The highest BCUT2D eigenvalue weighted by atomic mass is 79.9. The fourth-order valence-electron chi connectivity index (χ4n) is 1.35. The summed E-state index contributed by atoms with van der Waals surface area (Å²) in [6.07, 6.45) is 0.0458. The van der Waals surface area contributed by atoms with Gasteiger partial charge < -0.3 is 15.7 Å². The van der Waals surface area contributed by atoms with Crippen LogP contribution < -0.4 is 10.6 Å². The molecule has 19 heavy (non-hydrogen) atoms. The Labute approximate surface area is 120 Å². The molecule has 104 valence electrons. The van der Waals surface area contributed by atoms with Gasteiger partial charge in [0.25, 0.3) is 5.91 Å². The van der Waals surface area contributed by atoms with Crippen molar-refractivity contribution in [2.45, 2.75) is 19.4 Å². The first kappa shape index (κ1) is 15.7. The van der Waals surface area contributed by atoms with Crippen molar-refractivity contribution in [3.8, 4) is 0 Å². The summed E-state index contributed by atoms with van der Waals surface area (Å²) in [7, 11) is 0. The van der Waals surface area contributed by atoms with E-state index in [0.717, 1.165) is 4.47 Å². The molecule has 6 heteroatoms. The Morgan fingerprint density at radius 3 is 2.47 bits per heavy atom. The lowest BCUT2D eigenvalue weighted by Crippen LogP contribution is -2.37. The molecule has 2 amide bonds. The van der Waals surface area contributed by atoms with E-state index in [-0.39, 0.29) is 18.4 Å². The smallest absolute Gasteiger partial charge is 0.251 e. The zero-order chi connectivity index (χ0) is 14.3. The van der Waals surface area contributed by atoms with Gasteiger partial charge in [0.2, 0.25) is 5.91 Å². The summed E-state index contributed by atoms with van der Waals surface area (Å²) in [5, 5.41) is 14.2. The van der Waals surface area contributed by atoms with Crippen molar-refractivity contribution < 1.29 is 14.7 Å². The van der Waals surface area contributed by atoms with Crippen LogP contribution in [-0.4, -0.2) is 36.1 Å². The van der Waals surface area contributed by atoms with E-state index in [1.165, 1.54) is 0 Å². The molecule has 0 heterocycles. The minimum absolute atomic E-state index is 0.0747. The van der Waals surface area contributed by atoms with Crippen LogP contribution in [0.5, 0.6) is 0 Å². The Hall–Kier alpha value is -1.40. The lowest BCUT2D eigenvalue weighted by molar-refractivity contribution is -0.120. The number of halogens is 1. The van der Waals surface area contributed by atoms with Gasteiger partial charge in [-0.25, -0.2) is 0 Å². The van der Waals surface area contributed by atoms with Crippen molar-refractivity contribution in [1.29, 1.82) is 0 Å². The number of carbonyl (C=O) groups excluding carboxylic acids is 2. The van der Waals surface area contributed by atoms with Gasteiger partial charge in [-0.1, -0.05) is 15.9 Å². The first-order valence-corrected chi connectivity index (χ1v) is 6.77. The maximum atomic E-state index is 11.7. The fraction of sp³-hybridized carbons (Fsp3) is 0.385. The third-order valence-corrected chi connectivity index (χ3v) is 2.93. The molecule has 1 aromatic carbocycles. The van der Waals surface area contributed by atoms with Gasteiger partial charge in [0.1, 0.15) is 0 Å². The molecule has 0 aromatic heterocycles. The van der Waals surface area contributed by atoms with Crippen LogP contribution >= 0.6 is 15.9 Å². The highest BCUT2D eigenvalue weighted by Crippen LogP contribution is 2.10. The van der Waals surface area contributed by atoms with E-state index >= 15 is 0 Å². The number of amides is 2. The number of nitrogens with one attached hydrogen (secondary N) is 2. The van der Waals surface area contributed by atoms with Crippen LogP contribution in [0.3, 0.4) is 0 Å². The van der Waals surface area contributed by atoms with Crippen LogP contribution in [0.25, 0.3) is 0 Å². The minimum atomic E-state index is -0.447. The lowest BCUT2D eigenvalue weighted by atomic mass is 10.2. The zero-order valence-corrected chi connectivity index (χ0v) is 12.2. The Morgan fingerprint density at radius 2 is 1.89 bits per heavy atom. The highest BCUT2D eigenvalue weighted by Gasteiger charge is 2.07. The van der Waals surface area contributed by atoms with Crippen molar-refractivity contribution >= 4 is 27.7 Å². The van der Waals surface area contributed by atoms with Crippen molar-refractivity contribution in [3.05, 3.63) is 34.3 Å². The summed E-state index contributed by atoms with van der Waals surface area (Å²) in [6.45, 7) is 1.97. The number of benzene rings is 1. The van der Waals surface area contributed by atoms with Crippen molar-refractivity contribution in [1.82, 2.24) is 10.6 Å². The van der Waals surface area contributed by atoms with Crippen molar-refractivity contribution in [2.75, 3.05) is 13.1 Å². The summed E-state index contributed by atoms with van der Waals surface area (Å²) >= 11 is 3.28. The van der Waals surface area contributed by atoms with Gasteiger partial charge in [-0.2, -0.15) is 0 Å². The largest absolute Gasteiger partial charge is 0.393 e. The van der Waals surface area contributed by atoms with Gasteiger partial charge in [0.05, 0.1) is 12.6 Å². The van der Waals surface area contributed by atoms with Crippen LogP contribution in [0, 0.1) is 0 Å². The standard InChI is InChI=1S/C13H17BrN2O3/c1-9(17)6-7-15-12(18)8-16-13(19)10-2-4-11(14)5-3-10/h2-5,9,17H,6-8H2,1H3,(H,15,18)(H,16,19). The van der Waals surface area contributed by atoms with Gasteiger partial charge in [-0.15, -0.1) is 0 Å². The normalized spacial score (nSPS) is 11.7. The van der Waals surface area contributed by atoms with Gasteiger partial charge in [-0.05, 0) is 37.6 Å². The summed E-state index contributed by atoms with van der Waals surface area (Å²) in [5.74, 6) is -0.565. The van der Waals surface area contributed by atoms with E-state index in [1.807, 2.05) is 0 Å². The Balaban J connectivity index is 2.30. The second-order valence-electron chi connectivity index (χ2n) is 4.18. The summed E-state index contributed by atoms with van der Waals surface area (Å²) in [5.41, 5.74) is 0.500. The summed E-state index contributed by atoms with van der Waals surface area (Å²) < 4.78 is 0.889. The number of aliphatic hydroxyl groups excluding tert-OH is 1. The van der Waals surface area contributed by atoms with Crippen molar-refractivity contribution in [3.63, 3.8) is 0 Å². The number of rotatable bonds is 6. The third kappa shape index (κ3) is 6.35. The Bertz CT molecular complexity index is 432. The van der Waals surface area contributed by atoms with Crippen LogP contribution in [0.2, 0.25) is 0 Å². The molecule has 0 fully saturated rings. The number of hydrogen-bond donors (Lipinski definition) is 3. The van der Waals surface area contributed by atoms with Crippen LogP contribution in [0.1, 0.15) is 23.7 Å². The molecular weight excluding hydrogens is 312 g/mol. The predicted molar refractivity (Wildman–Crippen MR) is 75.8 cm³/mol. The SMILES string of the molecule is CC(O)CCNC(=O)CNC(=O)c1ccc(Br)cc1. The van der Waals surface area contributed by atoms with E-state index in [2.05, 4.69) is 26.6 Å². The molecule has 1 rings (SSSR count). The Morgan fingerprint density at radius 1 is 1.26 bits per heavy atom. The van der Waals surface area contributed by atoms with E-state index in [0.29, 0.717) is 18.5 Å². The molecule has 0 bridgehead atoms. The zero-order valence-electron chi connectivity index (χ0n) is 10.6. The second kappa shape index (κ2) is 7.91. The maximum absolute atomic E-state index is 11.7. The number of aliphatic hydroxyl groups is 1. The molecule has 5 nitrogen and oxygen atoms in total. The number of hydrogen-bond acceptors (Lipinski definition) is 3. The summed E-state index contributed by atoms with van der Waals surface area (Å²) in [4.78, 5) is 23.1. The van der Waals surface area contributed by atoms with E-state index < -0.39 is 6.10 Å². The van der Waals surface area contributed by atoms with E-state index in [1.54, 1.807) is 31.2 Å². The molecule has 0 saturated heterocycles. The van der Waals surface area contributed by atoms with Crippen LogP contribution in [0.4, 0.5) is 0 Å². The summed E-state index contributed by atoms with van der Waals surface area (Å²) in [6, 6.07) is 6.87. The molecule has 0 aliphatic heterocycles. The number of carbonyl (C=O) groups is 2. The second-order valence-corrected chi connectivity index (χ2v) is 5.09. The molecule has 0 saturated carbocycles. The third-order valence-electron chi connectivity index (χ3n) is 2.40. The predicted octanol–water partition coefficient (Wildman–Crippen LogP) is 1.07.